The summed E-state index contributed by atoms with van der Waals surface area (Å²) in [5.41, 5.74) is 0.741. The third kappa shape index (κ3) is 2.78. The average molecular weight is 264 g/mol. The molecule has 0 saturated heterocycles. The van der Waals surface area contributed by atoms with Gasteiger partial charge in [0.25, 0.3) is 5.95 Å². The molecule has 0 saturated carbocycles. The molecule has 0 spiro atoms. The molecule has 8 heteroatoms. The SMILES string of the molecule is COc1nc(OC)nc(-n2cc(C(C)(C)C)nn2)n1. The minimum Gasteiger partial charge on any atom is -0.467 e. The van der Waals surface area contributed by atoms with Crippen molar-refractivity contribution in [2.45, 2.75) is 26.2 Å². The van der Waals surface area contributed by atoms with Gasteiger partial charge in [-0.25, -0.2) is 0 Å². The minimum atomic E-state index is -0.0978. The Morgan fingerprint density at radius 1 is 1.00 bits per heavy atom. The van der Waals surface area contributed by atoms with Crippen LogP contribution in [0.4, 0.5) is 0 Å². The molecule has 2 aromatic rings. The number of ether oxygens (including phenoxy) is 2. The third-order valence-electron chi connectivity index (χ3n) is 2.41. The van der Waals surface area contributed by atoms with Crippen molar-refractivity contribution in [2.24, 2.45) is 0 Å². The molecule has 0 bridgehead atoms. The van der Waals surface area contributed by atoms with Crippen molar-refractivity contribution in [1.29, 1.82) is 0 Å². The molecule has 0 radical (unpaired) electrons. The summed E-state index contributed by atoms with van der Waals surface area (Å²) in [5, 5.41) is 8.11. The van der Waals surface area contributed by atoms with Gasteiger partial charge in [-0.3, -0.25) is 0 Å². The summed E-state index contributed by atoms with van der Waals surface area (Å²) < 4.78 is 11.4. The van der Waals surface area contributed by atoms with Crippen LogP contribution in [0.2, 0.25) is 0 Å². The number of methoxy groups -OCH3 is 2. The fourth-order valence-electron chi connectivity index (χ4n) is 1.32. The lowest BCUT2D eigenvalue weighted by molar-refractivity contribution is 0.338. The van der Waals surface area contributed by atoms with Crippen molar-refractivity contribution >= 4 is 0 Å². The molecular formula is C11H16N6O2. The summed E-state index contributed by atoms with van der Waals surface area (Å²) in [6.45, 7) is 6.15. The highest BCUT2D eigenvalue weighted by molar-refractivity contribution is 5.18. The largest absolute Gasteiger partial charge is 0.467 e. The predicted molar refractivity (Wildman–Crippen MR) is 66.5 cm³/mol. The van der Waals surface area contributed by atoms with E-state index in [2.05, 4.69) is 46.0 Å². The van der Waals surface area contributed by atoms with E-state index in [1.54, 1.807) is 6.20 Å². The maximum absolute atomic E-state index is 4.99. The molecule has 2 aromatic heterocycles. The van der Waals surface area contributed by atoms with Crippen LogP contribution in [0.15, 0.2) is 6.20 Å². The molecule has 0 amide bonds. The van der Waals surface area contributed by atoms with E-state index in [9.17, 15) is 0 Å². The molecular weight excluding hydrogens is 248 g/mol. The van der Waals surface area contributed by atoms with Crippen molar-refractivity contribution in [1.82, 2.24) is 29.9 Å². The highest BCUT2D eigenvalue weighted by Crippen LogP contribution is 2.20. The summed E-state index contributed by atoms with van der Waals surface area (Å²) in [5.74, 6) is 0.298. The lowest BCUT2D eigenvalue weighted by atomic mass is 9.93. The fraction of sp³-hybridized carbons (Fsp3) is 0.545. The Bertz CT molecular complexity index is 553. The second-order valence-electron chi connectivity index (χ2n) is 4.91. The van der Waals surface area contributed by atoms with Gasteiger partial charge in [0.15, 0.2) is 0 Å². The van der Waals surface area contributed by atoms with Gasteiger partial charge in [0.1, 0.15) is 0 Å². The third-order valence-corrected chi connectivity index (χ3v) is 2.41. The van der Waals surface area contributed by atoms with Crippen molar-refractivity contribution in [2.75, 3.05) is 14.2 Å². The van der Waals surface area contributed by atoms with Gasteiger partial charge in [-0.1, -0.05) is 26.0 Å². The number of rotatable bonds is 3. The van der Waals surface area contributed by atoms with Gasteiger partial charge in [-0.05, 0) is 0 Å². The topological polar surface area (TPSA) is 87.8 Å². The molecule has 0 aliphatic carbocycles. The summed E-state index contributed by atoms with van der Waals surface area (Å²) >= 11 is 0. The van der Waals surface area contributed by atoms with E-state index in [0.717, 1.165) is 5.69 Å². The van der Waals surface area contributed by atoms with E-state index >= 15 is 0 Å². The molecule has 2 rings (SSSR count). The molecule has 0 aliphatic rings. The molecule has 102 valence electrons. The summed E-state index contributed by atoms with van der Waals surface area (Å²) in [4.78, 5) is 12.1. The van der Waals surface area contributed by atoms with Crippen molar-refractivity contribution in [3.05, 3.63) is 11.9 Å². The summed E-state index contributed by atoms with van der Waals surface area (Å²) in [6, 6.07) is 0.323. The second kappa shape index (κ2) is 4.79. The number of hydrogen-bond donors (Lipinski definition) is 0. The van der Waals surface area contributed by atoms with Gasteiger partial charge in [0.2, 0.25) is 0 Å². The first-order chi connectivity index (χ1) is 8.94. The fourth-order valence-corrected chi connectivity index (χ4v) is 1.32. The van der Waals surface area contributed by atoms with Crippen LogP contribution in [0.1, 0.15) is 26.5 Å². The Labute approximate surface area is 110 Å². The van der Waals surface area contributed by atoms with E-state index in [1.165, 1.54) is 18.9 Å². The molecule has 19 heavy (non-hydrogen) atoms. The standard InChI is InChI=1S/C11H16N6O2/c1-11(2,3)7-6-17(16-15-7)8-12-9(18-4)14-10(13-8)19-5/h6H,1-5H3. The van der Waals surface area contributed by atoms with Crippen LogP contribution in [-0.4, -0.2) is 44.2 Å². The van der Waals surface area contributed by atoms with E-state index in [1.807, 2.05) is 0 Å². The Kier molecular flexibility index (Phi) is 3.32. The first-order valence-electron chi connectivity index (χ1n) is 5.71. The molecule has 0 aliphatic heterocycles. The molecule has 0 N–H and O–H groups in total. The molecule has 2 heterocycles. The highest BCUT2D eigenvalue weighted by atomic mass is 16.5. The Morgan fingerprint density at radius 2 is 1.58 bits per heavy atom. The van der Waals surface area contributed by atoms with Crippen LogP contribution in [0.25, 0.3) is 5.95 Å². The smallest absolute Gasteiger partial charge is 0.324 e. The lowest BCUT2D eigenvalue weighted by Crippen LogP contribution is -2.11. The van der Waals surface area contributed by atoms with Crippen LogP contribution < -0.4 is 9.47 Å². The maximum Gasteiger partial charge on any atom is 0.324 e. The predicted octanol–water partition coefficient (Wildman–Crippen LogP) is 0.767. The molecule has 8 nitrogen and oxygen atoms in total. The van der Waals surface area contributed by atoms with Crippen LogP contribution in [0.5, 0.6) is 12.0 Å². The Hall–Kier alpha value is -2.25. The molecule has 0 unspecified atom stereocenters. The van der Waals surface area contributed by atoms with Crippen LogP contribution in [-0.2, 0) is 5.41 Å². The maximum atomic E-state index is 4.99. The van der Waals surface area contributed by atoms with Gasteiger partial charge in [0.05, 0.1) is 26.1 Å². The van der Waals surface area contributed by atoms with Crippen molar-refractivity contribution < 1.29 is 9.47 Å². The van der Waals surface area contributed by atoms with Crippen molar-refractivity contribution in [3.8, 4) is 18.0 Å². The van der Waals surface area contributed by atoms with E-state index in [0.29, 0.717) is 5.95 Å². The summed E-state index contributed by atoms with van der Waals surface area (Å²) in [6.07, 6.45) is 1.77. The first kappa shape index (κ1) is 13.2. The molecule has 0 aromatic carbocycles. The normalized spacial score (nSPS) is 11.4. The van der Waals surface area contributed by atoms with Gasteiger partial charge < -0.3 is 9.47 Å². The summed E-state index contributed by atoms with van der Waals surface area (Å²) in [7, 11) is 2.95. The van der Waals surface area contributed by atoms with Gasteiger partial charge in [-0.2, -0.15) is 14.6 Å². The molecule has 0 fully saturated rings. The van der Waals surface area contributed by atoms with Crippen LogP contribution >= 0.6 is 0 Å². The monoisotopic (exact) mass is 264 g/mol. The first-order valence-corrected chi connectivity index (χ1v) is 5.71. The lowest BCUT2D eigenvalue weighted by Gasteiger charge is -2.12. The average Bonchev–Trinajstić information content (AvgIpc) is 2.87. The van der Waals surface area contributed by atoms with Gasteiger partial charge >= 0.3 is 12.0 Å². The Balaban J connectivity index is 2.43. The molecule has 0 atom stereocenters. The quantitative estimate of drug-likeness (QED) is 0.808. The number of hydrogen-bond acceptors (Lipinski definition) is 7. The highest BCUT2D eigenvalue weighted by Gasteiger charge is 2.19. The zero-order valence-electron chi connectivity index (χ0n) is 11.6. The van der Waals surface area contributed by atoms with Gasteiger partial charge in [-0.15, -0.1) is 10.1 Å². The van der Waals surface area contributed by atoms with Crippen LogP contribution in [0, 0.1) is 0 Å². The van der Waals surface area contributed by atoms with E-state index in [4.69, 9.17) is 9.47 Å². The Morgan fingerprint density at radius 3 is 2.00 bits per heavy atom. The number of aromatic nitrogens is 6. The van der Waals surface area contributed by atoms with E-state index < -0.39 is 0 Å². The van der Waals surface area contributed by atoms with Gasteiger partial charge in [0, 0.05) is 5.41 Å². The van der Waals surface area contributed by atoms with Crippen LogP contribution in [0.3, 0.4) is 0 Å². The minimum absolute atomic E-state index is 0.0978. The second-order valence-corrected chi connectivity index (χ2v) is 4.91. The zero-order chi connectivity index (χ0) is 14.0. The van der Waals surface area contributed by atoms with Crippen molar-refractivity contribution in [3.63, 3.8) is 0 Å². The number of nitrogens with zero attached hydrogens (tertiary/aromatic N) is 6. The van der Waals surface area contributed by atoms with E-state index in [-0.39, 0.29) is 17.4 Å². The zero-order valence-corrected chi connectivity index (χ0v) is 11.6.